The van der Waals surface area contributed by atoms with E-state index in [0.29, 0.717) is 48.4 Å². The van der Waals surface area contributed by atoms with E-state index < -0.39 is 0 Å². The number of likely N-dealkylation sites (N-methyl/N-ethyl adjacent to an activating group) is 1. The average Bonchev–Trinajstić information content (AvgIpc) is 3.53. The van der Waals surface area contributed by atoms with Gasteiger partial charge in [-0.15, -0.1) is 0 Å². The summed E-state index contributed by atoms with van der Waals surface area (Å²) in [5.41, 5.74) is 7.55. The van der Waals surface area contributed by atoms with Crippen molar-refractivity contribution >= 4 is 22.6 Å². The van der Waals surface area contributed by atoms with E-state index >= 15 is 0 Å². The summed E-state index contributed by atoms with van der Waals surface area (Å²) in [6.45, 7) is 1.72. The number of benzene rings is 2. The Kier molecular flexibility index (Phi) is 6.74. The Bertz CT molecular complexity index is 1490. The molecule has 1 atom stereocenters. The Morgan fingerprint density at radius 3 is 2.62 bits per heavy atom. The van der Waals surface area contributed by atoms with Gasteiger partial charge in [0.05, 0.1) is 11.4 Å². The lowest BCUT2D eigenvalue weighted by molar-refractivity contribution is -0.125. The van der Waals surface area contributed by atoms with Crippen LogP contribution in [-0.2, 0) is 4.79 Å². The summed E-state index contributed by atoms with van der Waals surface area (Å²) in [5.74, 6) is 1.56. The van der Waals surface area contributed by atoms with Crippen LogP contribution in [0.15, 0.2) is 71.5 Å². The number of ether oxygens (including phenoxy) is 1. The Hall–Kier alpha value is -4.44. The van der Waals surface area contributed by atoms with E-state index in [1.807, 2.05) is 79.7 Å². The molecule has 10 heteroatoms. The minimum absolute atomic E-state index is 0.0508. The zero-order chi connectivity index (χ0) is 25.9. The second-order valence-corrected chi connectivity index (χ2v) is 9.29. The lowest BCUT2D eigenvalue weighted by Crippen LogP contribution is -2.28. The van der Waals surface area contributed by atoms with Crippen LogP contribution in [-0.4, -0.2) is 69.4 Å². The number of nitrogens with zero attached hydrogens (tertiary/aromatic N) is 5. The summed E-state index contributed by atoms with van der Waals surface area (Å²) in [4.78, 5) is 29.3. The number of likely N-dealkylation sites (tertiary alicyclic amines) is 1. The molecule has 2 aromatic heterocycles. The van der Waals surface area contributed by atoms with Crippen molar-refractivity contribution in [3.63, 3.8) is 0 Å². The van der Waals surface area contributed by atoms with Gasteiger partial charge in [-0.3, -0.25) is 14.3 Å². The maximum absolute atomic E-state index is 12.9. The molecule has 4 aromatic rings. The summed E-state index contributed by atoms with van der Waals surface area (Å²) in [6.07, 6.45) is 4.12. The highest BCUT2D eigenvalue weighted by Crippen LogP contribution is 2.34. The summed E-state index contributed by atoms with van der Waals surface area (Å²) in [6, 6.07) is 16.8. The summed E-state index contributed by atoms with van der Waals surface area (Å²) in [5, 5.41) is 11.8. The first-order valence-corrected chi connectivity index (χ1v) is 12.1. The van der Waals surface area contributed by atoms with E-state index in [1.165, 1.54) is 0 Å². The number of nitrogen functional groups attached to an aromatic ring is 1. The molecule has 3 heterocycles. The second kappa shape index (κ2) is 10.3. The van der Waals surface area contributed by atoms with Crippen molar-refractivity contribution in [2.75, 3.05) is 39.5 Å². The van der Waals surface area contributed by atoms with E-state index in [9.17, 15) is 9.59 Å². The SMILES string of the molecule is CN(C)C/C=C/C(=O)N1CCC(n2nc(-c3ccc(Oc4ccccc4)cc3)c3c(N)n[nH]c(=O)c32)C1. The molecule has 1 aliphatic heterocycles. The van der Waals surface area contributed by atoms with E-state index in [4.69, 9.17) is 15.6 Å². The van der Waals surface area contributed by atoms with Gasteiger partial charge in [-0.25, -0.2) is 5.10 Å². The minimum atomic E-state index is -0.373. The van der Waals surface area contributed by atoms with E-state index in [1.54, 1.807) is 15.7 Å². The van der Waals surface area contributed by atoms with Crippen LogP contribution in [0.3, 0.4) is 0 Å². The normalized spacial score (nSPS) is 15.8. The molecule has 1 aliphatic rings. The van der Waals surface area contributed by atoms with Crippen molar-refractivity contribution in [3.05, 3.63) is 77.1 Å². The monoisotopic (exact) mass is 499 g/mol. The van der Waals surface area contributed by atoms with E-state index in [0.717, 1.165) is 11.3 Å². The fourth-order valence-electron chi connectivity index (χ4n) is 4.50. The van der Waals surface area contributed by atoms with Crippen LogP contribution in [0.2, 0.25) is 0 Å². The molecular formula is C27H29N7O3. The average molecular weight is 500 g/mol. The lowest BCUT2D eigenvalue weighted by Gasteiger charge is -2.15. The van der Waals surface area contributed by atoms with Crippen molar-refractivity contribution in [3.8, 4) is 22.8 Å². The standard InChI is InChI=1S/C27H29N7O3/c1-32(2)15-6-9-22(35)33-16-14-19(17-33)34-25-23(26(28)29-30-27(25)36)24(31-34)18-10-12-21(13-11-18)37-20-7-4-3-5-8-20/h3-13,19H,14-17H2,1-2H3,(H2,28,29)(H,30,36)/b9-6+. The molecule has 190 valence electrons. The van der Waals surface area contributed by atoms with Crippen LogP contribution < -0.4 is 16.0 Å². The predicted molar refractivity (Wildman–Crippen MR) is 142 cm³/mol. The van der Waals surface area contributed by atoms with Gasteiger partial charge in [0.1, 0.15) is 22.7 Å². The van der Waals surface area contributed by atoms with Gasteiger partial charge in [0.2, 0.25) is 5.91 Å². The van der Waals surface area contributed by atoms with Crippen molar-refractivity contribution in [2.24, 2.45) is 0 Å². The fourth-order valence-corrected chi connectivity index (χ4v) is 4.50. The Morgan fingerprint density at radius 1 is 1.16 bits per heavy atom. The third-order valence-corrected chi connectivity index (χ3v) is 6.32. The van der Waals surface area contributed by atoms with Crippen LogP contribution >= 0.6 is 0 Å². The van der Waals surface area contributed by atoms with Gasteiger partial charge < -0.3 is 20.3 Å². The number of rotatable bonds is 7. The topological polar surface area (TPSA) is 122 Å². The minimum Gasteiger partial charge on any atom is -0.457 e. The van der Waals surface area contributed by atoms with Crippen molar-refractivity contribution in [1.82, 2.24) is 29.8 Å². The van der Waals surface area contributed by atoms with Crippen LogP contribution in [0.1, 0.15) is 12.5 Å². The highest BCUT2D eigenvalue weighted by Gasteiger charge is 2.30. The zero-order valence-corrected chi connectivity index (χ0v) is 20.8. The number of hydrogen-bond donors (Lipinski definition) is 2. The summed E-state index contributed by atoms with van der Waals surface area (Å²) in [7, 11) is 3.89. The quantitative estimate of drug-likeness (QED) is 0.375. The molecule has 0 spiro atoms. The number of fused-ring (bicyclic) bond motifs is 1. The molecule has 1 saturated heterocycles. The van der Waals surface area contributed by atoms with Gasteiger partial charge in [0.25, 0.3) is 5.56 Å². The summed E-state index contributed by atoms with van der Waals surface area (Å²) < 4.78 is 7.60. The Morgan fingerprint density at radius 2 is 1.89 bits per heavy atom. The molecule has 5 rings (SSSR count). The number of carbonyl (C=O) groups is 1. The molecule has 3 N–H and O–H groups in total. The predicted octanol–water partition coefficient (Wildman–Crippen LogP) is 3.05. The van der Waals surface area contributed by atoms with Crippen LogP contribution in [0.25, 0.3) is 22.2 Å². The highest BCUT2D eigenvalue weighted by molar-refractivity contribution is 5.99. The molecule has 1 unspecified atom stereocenters. The van der Waals surface area contributed by atoms with Gasteiger partial charge in [-0.05, 0) is 56.9 Å². The molecule has 0 aliphatic carbocycles. The molecule has 0 bridgehead atoms. The number of nitrogens with one attached hydrogen (secondary N) is 1. The van der Waals surface area contributed by atoms with Crippen molar-refractivity contribution < 1.29 is 9.53 Å². The molecular weight excluding hydrogens is 470 g/mol. The van der Waals surface area contributed by atoms with Gasteiger partial charge in [0.15, 0.2) is 5.82 Å². The van der Waals surface area contributed by atoms with Crippen molar-refractivity contribution in [2.45, 2.75) is 12.5 Å². The smallest absolute Gasteiger partial charge is 0.290 e. The maximum atomic E-state index is 12.9. The first-order valence-electron chi connectivity index (χ1n) is 12.1. The number of anilines is 1. The Balaban J connectivity index is 1.44. The number of carbonyl (C=O) groups excluding carboxylic acids is 1. The van der Waals surface area contributed by atoms with Crippen LogP contribution in [0.5, 0.6) is 11.5 Å². The molecule has 1 fully saturated rings. The molecule has 2 aromatic carbocycles. The number of nitrogens with two attached hydrogens (primary N) is 1. The molecule has 1 amide bonds. The molecule has 10 nitrogen and oxygen atoms in total. The van der Waals surface area contributed by atoms with Gasteiger partial charge in [-0.2, -0.15) is 10.2 Å². The zero-order valence-electron chi connectivity index (χ0n) is 20.8. The highest BCUT2D eigenvalue weighted by atomic mass is 16.5. The van der Waals surface area contributed by atoms with Crippen LogP contribution in [0.4, 0.5) is 5.82 Å². The Labute approximate surface area is 213 Å². The first kappa shape index (κ1) is 24.3. The second-order valence-electron chi connectivity index (χ2n) is 9.29. The largest absolute Gasteiger partial charge is 0.457 e. The number of aromatic amines is 1. The van der Waals surface area contributed by atoms with E-state index in [-0.39, 0.29) is 23.3 Å². The molecule has 37 heavy (non-hydrogen) atoms. The molecule has 0 saturated carbocycles. The summed E-state index contributed by atoms with van der Waals surface area (Å²) >= 11 is 0. The number of para-hydroxylation sites is 1. The number of amides is 1. The lowest BCUT2D eigenvalue weighted by atomic mass is 10.1. The van der Waals surface area contributed by atoms with Gasteiger partial charge >= 0.3 is 0 Å². The van der Waals surface area contributed by atoms with E-state index in [2.05, 4.69) is 10.2 Å². The number of hydrogen-bond acceptors (Lipinski definition) is 7. The third kappa shape index (κ3) is 5.10. The van der Waals surface area contributed by atoms with Crippen LogP contribution in [0, 0.1) is 0 Å². The number of aromatic nitrogens is 4. The molecule has 0 radical (unpaired) electrons. The van der Waals surface area contributed by atoms with Gasteiger partial charge in [0, 0.05) is 31.3 Å². The third-order valence-electron chi connectivity index (χ3n) is 6.32. The maximum Gasteiger partial charge on any atom is 0.290 e. The number of H-pyrrole nitrogens is 1. The van der Waals surface area contributed by atoms with Gasteiger partial charge in [-0.1, -0.05) is 24.3 Å². The van der Waals surface area contributed by atoms with Crippen molar-refractivity contribution in [1.29, 1.82) is 0 Å². The fraction of sp³-hybridized carbons (Fsp3) is 0.259. The first-order chi connectivity index (χ1) is 17.9.